The van der Waals surface area contributed by atoms with Crippen LogP contribution in [0.15, 0.2) is 0 Å². The summed E-state index contributed by atoms with van der Waals surface area (Å²) < 4.78 is 1.51. The number of nitrogens with one attached hydrogen (secondary N) is 1. The van der Waals surface area contributed by atoms with Crippen LogP contribution in [0.5, 0.6) is 0 Å². The number of nitro groups is 1. The van der Waals surface area contributed by atoms with E-state index in [1.807, 2.05) is 0 Å². The van der Waals surface area contributed by atoms with E-state index in [0.29, 0.717) is 11.5 Å². The third kappa shape index (κ3) is 1.73. The lowest BCUT2D eigenvalue weighted by molar-refractivity contribution is -0.384. The second-order valence-electron chi connectivity index (χ2n) is 4.24. The quantitative estimate of drug-likeness (QED) is 0.577. The fourth-order valence-corrected chi connectivity index (χ4v) is 2.00. The molecule has 0 unspecified atom stereocenters. The highest BCUT2D eigenvalue weighted by Gasteiger charge is 2.31. The summed E-state index contributed by atoms with van der Waals surface area (Å²) in [5.74, 6) is 0.472. The zero-order chi connectivity index (χ0) is 11.9. The van der Waals surface area contributed by atoms with Crippen LogP contribution in [0.1, 0.15) is 18.5 Å². The molecule has 0 spiro atoms. The molecule has 2 rings (SSSR count). The molecule has 3 N–H and O–H groups in total. The van der Waals surface area contributed by atoms with Gasteiger partial charge in [0.15, 0.2) is 0 Å². The highest BCUT2D eigenvalue weighted by Crippen LogP contribution is 2.31. The summed E-state index contributed by atoms with van der Waals surface area (Å²) in [5, 5.41) is 18.1. The Hall–Kier alpha value is -1.63. The highest BCUT2D eigenvalue weighted by atomic mass is 16.6. The van der Waals surface area contributed by atoms with Crippen molar-refractivity contribution >= 4 is 11.5 Å². The van der Waals surface area contributed by atoms with E-state index < -0.39 is 4.92 Å². The Labute approximate surface area is 92.8 Å². The van der Waals surface area contributed by atoms with Gasteiger partial charge in [0, 0.05) is 19.1 Å². The second kappa shape index (κ2) is 3.75. The SMILES string of the molecule is Cc1nn(C)c(NC2CC(N)C2)c1[N+](=O)[O-]. The average molecular weight is 225 g/mol. The van der Waals surface area contributed by atoms with Gasteiger partial charge >= 0.3 is 5.69 Å². The van der Waals surface area contributed by atoms with Crippen molar-refractivity contribution in [2.24, 2.45) is 12.8 Å². The lowest BCUT2D eigenvalue weighted by Gasteiger charge is -2.33. The van der Waals surface area contributed by atoms with Crippen molar-refractivity contribution in [1.29, 1.82) is 0 Å². The molecule has 0 saturated heterocycles. The minimum Gasteiger partial charge on any atom is -0.362 e. The number of hydrogen-bond acceptors (Lipinski definition) is 5. The van der Waals surface area contributed by atoms with E-state index in [2.05, 4.69) is 10.4 Å². The van der Waals surface area contributed by atoms with Crippen LogP contribution in [0.4, 0.5) is 11.5 Å². The van der Waals surface area contributed by atoms with E-state index in [1.165, 1.54) is 4.68 Å². The van der Waals surface area contributed by atoms with Crippen LogP contribution in [0, 0.1) is 17.0 Å². The predicted octanol–water partition coefficient (Wildman–Crippen LogP) is 0.538. The van der Waals surface area contributed by atoms with Crippen LogP contribution in [0.2, 0.25) is 0 Å². The van der Waals surface area contributed by atoms with Crippen molar-refractivity contribution in [3.8, 4) is 0 Å². The molecule has 0 aromatic carbocycles. The van der Waals surface area contributed by atoms with Crippen LogP contribution in [0.3, 0.4) is 0 Å². The van der Waals surface area contributed by atoms with Gasteiger partial charge in [-0.15, -0.1) is 0 Å². The molecule has 1 saturated carbocycles. The summed E-state index contributed by atoms with van der Waals surface area (Å²) in [6.45, 7) is 1.63. The Balaban J connectivity index is 2.22. The maximum Gasteiger partial charge on any atom is 0.333 e. The van der Waals surface area contributed by atoms with Gasteiger partial charge < -0.3 is 11.1 Å². The van der Waals surface area contributed by atoms with Gasteiger partial charge in [-0.2, -0.15) is 5.10 Å². The van der Waals surface area contributed by atoms with E-state index in [9.17, 15) is 10.1 Å². The lowest BCUT2D eigenvalue weighted by Crippen LogP contribution is -2.44. The minimum absolute atomic E-state index is 0.0583. The van der Waals surface area contributed by atoms with Crippen LogP contribution >= 0.6 is 0 Å². The van der Waals surface area contributed by atoms with Gasteiger partial charge in [0.2, 0.25) is 5.82 Å². The summed E-state index contributed by atoms with van der Waals surface area (Å²) >= 11 is 0. The maximum absolute atomic E-state index is 10.9. The standard InChI is InChI=1S/C9H15N5O2/c1-5-8(14(15)16)9(13(2)12-5)11-7-3-6(10)4-7/h6-7,11H,3-4,10H2,1-2H3. The summed E-state index contributed by atoms with van der Waals surface area (Å²) in [6.07, 6.45) is 1.70. The fourth-order valence-electron chi connectivity index (χ4n) is 2.00. The molecule has 0 radical (unpaired) electrons. The summed E-state index contributed by atoms with van der Waals surface area (Å²) in [7, 11) is 1.70. The van der Waals surface area contributed by atoms with Crippen molar-refractivity contribution in [2.75, 3.05) is 5.32 Å². The number of aryl methyl sites for hydroxylation is 2. The first-order valence-corrected chi connectivity index (χ1v) is 5.19. The van der Waals surface area contributed by atoms with E-state index in [4.69, 9.17) is 5.73 Å². The van der Waals surface area contributed by atoms with Gasteiger partial charge in [0.05, 0.1) is 4.92 Å². The molecule has 0 aliphatic heterocycles. The first-order valence-electron chi connectivity index (χ1n) is 5.19. The largest absolute Gasteiger partial charge is 0.362 e. The molecule has 1 aromatic heterocycles. The van der Waals surface area contributed by atoms with E-state index >= 15 is 0 Å². The third-order valence-electron chi connectivity index (χ3n) is 2.89. The topological polar surface area (TPSA) is 99.0 Å². The van der Waals surface area contributed by atoms with Gasteiger partial charge in [-0.25, -0.2) is 4.68 Å². The first-order chi connectivity index (χ1) is 7.49. The Bertz CT molecular complexity index is 422. The summed E-state index contributed by atoms with van der Waals surface area (Å²) in [4.78, 5) is 10.5. The molecule has 1 aliphatic carbocycles. The molecule has 0 bridgehead atoms. The molecule has 7 heteroatoms. The number of anilines is 1. The molecular weight excluding hydrogens is 210 g/mol. The van der Waals surface area contributed by atoms with Gasteiger partial charge in [-0.1, -0.05) is 0 Å². The molecule has 1 fully saturated rings. The van der Waals surface area contributed by atoms with E-state index in [0.717, 1.165) is 12.8 Å². The highest BCUT2D eigenvalue weighted by molar-refractivity contribution is 5.60. The fraction of sp³-hybridized carbons (Fsp3) is 0.667. The molecular formula is C9H15N5O2. The van der Waals surface area contributed by atoms with Crippen LogP contribution in [0.25, 0.3) is 0 Å². The number of rotatable bonds is 3. The van der Waals surface area contributed by atoms with Crippen molar-refractivity contribution < 1.29 is 4.92 Å². The molecule has 1 heterocycles. The van der Waals surface area contributed by atoms with Crippen molar-refractivity contribution in [3.63, 3.8) is 0 Å². The number of nitrogens with zero attached hydrogens (tertiary/aromatic N) is 3. The predicted molar refractivity (Wildman–Crippen MR) is 59.2 cm³/mol. The minimum atomic E-state index is -0.400. The van der Waals surface area contributed by atoms with Crippen LogP contribution in [-0.2, 0) is 7.05 Å². The summed E-state index contributed by atoms with van der Waals surface area (Å²) in [6, 6.07) is 0.439. The van der Waals surface area contributed by atoms with Crippen molar-refractivity contribution in [1.82, 2.24) is 9.78 Å². The van der Waals surface area contributed by atoms with Crippen LogP contribution < -0.4 is 11.1 Å². The van der Waals surface area contributed by atoms with Crippen LogP contribution in [-0.4, -0.2) is 26.8 Å². The number of hydrogen-bond donors (Lipinski definition) is 2. The zero-order valence-corrected chi connectivity index (χ0v) is 9.30. The normalized spacial score (nSPS) is 23.9. The van der Waals surface area contributed by atoms with Gasteiger partial charge in [0.1, 0.15) is 5.69 Å². The van der Waals surface area contributed by atoms with Gasteiger partial charge in [-0.3, -0.25) is 10.1 Å². The molecule has 88 valence electrons. The first kappa shape index (κ1) is 10.9. The smallest absolute Gasteiger partial charge is 0.333 e. The van der Waals surface area contributed by atoms with Gasteiger partial charge in [-0.05, 0) is 19.8 Å². The second-order valence-corrected chi connectivity index (χ2v) is 4.24. The molecule has 1 aromatic rings. The zero-order valence-electron chi connectivity index (χ0n) is 9.30. The van der Waals surface area contributed by atoms with Gasteiger partial charge in [0.25, 0.3) is 0 Å². The molecule has 0 amide bonds. The molecule has 1 aliphatic rings. The molecule has 16 heavy (non-hydrogen) atoms. The molecule has 7 nitrogen and oxygen atoms in total. The Morgan fingerprint density at radius 1 is 1.62 bits per heavy atom. The maximum atomic E-state index is 10.9. The molecule has 0 atom stereocenters. The Morgan fingerprint density at radius 2 is 2.25 bits per heavy atom. The Morgan fingerprint density at radius 3 is 2.75 bits per heavy atom. The third-order valence-corrected chi connectivity index (χ3v) is 2.89. The summed E-state index contributed by atoms with van der Waals surface area (Å²) in [5.41, 5.74) is 6.15. The van der Waals surface area contributed by atoms with Crippen molar-refractivity contribution in [3.05, 3.63) is 15.8 Å². The Kier molecular flexibility index (Phi) is 2.55. The number of nitrogens with two attached hydrogens (primary N) is 1. The van der Waals surface area contributed by atoms with Crippen molar-refractivity contribution in [2.45, 2.75) is 31.8 Å². The monoisotopic (exact) mass is 225 g/mol. The number of aromatic nitrogens is 2. The lowest BCUT2D eigenvalue weighted by atomic mass is 9.88. The van der Waals surface area contributed by atoms with E-state index in [-0.39, 0.29) is 17.8 Å². The average Bonchev–Trinajstić information content (AvgIpc) is 2.39. The van der Waals surface area contributed by atoms with E-state index in [1.54, 1.807) is 14.0 Å².